The molecule has 1 aliphatic rings. The van der Waals surface area contributed by atoms with E-state index < -0.39 is 34.8 Å². The number of halogens is 6. The van der Waals surface area contributed by atoms with Crippen LogP contribution in [0.4, 0.5) is 13.2 Å². The lowest BCUT2D eigenvalue weighted by molar-refractivity contribution is -0.145. The first kappa shape index (κ1) is 22.2. The van der Waals surface area contributed by atoms with E-state index in [9.17, 15) is 23.1 Å². The largest absolute Gasteiger partial charge is 0.480 e. The first-order chi connectivity index (χ1) is 13.6. The highest BCUT2D eigenvalue weighted by Gasteiger charge is 2.38. The fraction of sp³-hybridized carbons (Fsp3) is 0.350. The van der Waals surface area contributed by atoms with Crippen molar-refractivity contribution in [1.29, 1.82) is 0 Å². The number of benzene rings is 2. The Morgan fingerprint density at radius 3 is 2.41 bits per heavy atom. The van der Waals surface area contributed by atoms with Gasteiger partial charge in [0.2, 0.25) is 0 Å². The molecule has 0 bridgehead atoms. The summed E-state index contributed by atoms with van der Waals surface area (Å²) in [6.45, 7) is 0.407. The van der Waals surface area contributed by atoms with Gasteiger partial charge in [-0.05, 0) is 54.8 Å². The minimum atomic E-state index is -4.64. The van der Waals surface area contributed by atoms with Gasteiger partial charge in [-0.2, -0.15) is 13.2 Å². The van der Waals surface area contributed by atoms with Gasteiger partial charge in [0.15, 0.2) is 0 Å². The molecule has 3 nitrogen and oxygen atoms in total. The number of hydrogen-bond acceptors (Lipinski definition) is 2. The van der Waals surface area contributed by atoms with Gasteiger partial charge in [0.05, 0.1) is 16.6 Å². The Morgan fingerprint density at radius 2 is 1.79 bits per heavy atom. The summed E-state index contributed by atoms with van der Waals surface area (Å²) in [5.74, 6) is -1.02. The summed E-state index contributed by atoms with van der Waals surface area (Å²) >= 11 is 18.1. The molecule has 2 aromatic rings. The number of rotatable bonds is 4. The van der Waals surface area contributed by atoms with Crippen LogP contribution in [0.5, 0.6) is 0 Å². The maximum absolute atomic E-state index is 13.4. The Bertz CT molecular complexity index is 920. The van der Waals surface area contributed by atoms with Gasteiger partial charge >= 0.3 is 12.1 Å². The molecule has 2 unspecified atom stereocenters. The fourth-order valence-electron chi connectivity index (χ4n) is 3.73. The summed E-state index contributed by atoms with van der Waals surface area (Å²) in [6.07, 6.45) is -2.79. The first-order valence-electron chi connectivity index (χ1n) is 8.89. The number of likely N-dealkylation sites (tertiary alicyclic amines) is 1. The maximum Gasteiger partial charge on any atom is 0.417 e. The second kappa shape index (κ2) is 8.72. The zero-order valence-corrected chi connectivity index (χ0v) is 17.3. The number of piperidine rings is 1. The molecule has 2 aromatic carbocycles. The van der Waals surface area contributed by atoms with E-state index in [0.717, 1.165) is 18.9 Å². The van der Waals surface area contributed by atoms with Gasteiger partial charge in [0.25, 0.3) is 0 Å². The lowest BCUT2D eigenvalue weighted by Crippen LogP contribution is -2.47. The lowest BCUT2D eigenvalue weighted by Gasteiger charge is -2.40. The summed E-state index contributed by atoms with van der Waals surface area (Å²) in [4.78, 5) is 13.5. The van der Waals surface area contributed by atoms with E-state index in [-0.39, 0.29) is 10.6 Å². The standard InChI is InChI=1S/C20H17Cl3F3NO2/c21-12-5-6-13(16(23)10-12)18(27-8-2-1-3-17(27)19(28)29)11-4-7-15(22)14(9-11)20(24,25)26/h4-7,9-10,17-18H,1-3,8H2,(H,28,29). The van der Waals surface area contributed by atoms with Gasteiger partial charge in [-0.25, -0.2) is 0 Å². The summed E-state index contributed by atoms with van der Waals surface area (Å²) < 4.78 is 40.3. The highest BCUT2D eigenvalue weighted by molar-refractivity contribution is 6.35. The molecule has 9 heteroatoms. The molecule has 0 saturated carbocycles. The molecule has 3 rings (SSSR count). The summed E-state index contributed by atoms with van der Waals surface area (Å²) in [5, 5.41) is 9.90. The van der Waals surface area contributed by atoms with Gasteiger partial charge in [-0.3, -0.25) is 9.69 Å². The molecule has 2 atom stereocenters. The molecule has 1 N–H and O–H groups in total. The topological polar surface area (TPSA) is 40.5 Å². The smallest absolute Gasteiger partial charge is 0.417 e. The third-order valence-electron chi connectivity index (χ3n) is 5.03. The number of hydrogen-bond donors (Lipinski definition) is 1. The van der Waals surface area contributed by atoms with Crippen LogP contribution in [0.1, 0.15) is 42.0 Å². The number of nitrogens with zero attached hydrogens (tertiary/aromatic N) is 1. The number of carboxylic acids is 1. The SMILES string of the molecule is O=C(O)C1CCCCN1C(c1ccc(Cl)c(C(F)(F)F)c1)c1ccc(Cl)cc1Cl. The van der Waals surface area contributed by atoms with Gasteiger partial charge in [-0.15, -0.1) is 0 Å². The van der Waals surface area contributed by atoms with Crippen LogP contribution in [0.2, 0.25) is 15.1 Å². The summed E-state index contributed by atoms with van der Waals surface area (Å²) in [7, 11) is 0. The first-order valence-corrected chi connectivity index (χ1v) is 10.0. The molecular weight excluding hydrogens is 450 g/mol. The van der Waals surface area contributed by atoms with Crippen molar-refractivity contribution in [3.63, 3.8) is 0 Å². The van der Waals surface area contributed by atoms with E-state index in [1.807, 2.05) is 0 Å². The molecule has 29 heavy (non-hydrogen) atoms. The van der Waals surface area contributed by atoms with Crippen LogP contribution in [0.15, 0.2) is 36.4 Å². The van der Waals surface area contributed by atoms with Crippen LogP contribution >= 0.6 is 34.8 Å². The Labute approximate surface area is 181 Å². The molecule has 1 saturated heterocycles. The molecule has 0 aromatic heterocycles. The predicted octanol–water partition coefficient (Wildman–Crippen LogP) is 6.69. The van der Waals surface area contributed by atoms with E-state index >= 15 is 0 Å². The quantitative estimate of drug-likeness (QED) is 0.545. The third kappa shape index (κ3) is 4.82. The van der Waals surface area contributed by atoms with Crippen LogP contribution in [-0.2, 0) is 11.0 Å². The highest BCUT2D eigenvalue weighted by Crippen LogP contribution is 2.42. The van der Waals surface area contributed by atoms with Gasteiger partial charge < -0.3 is 5.11 Å². The second-order valence-electron chi connectivity index (χ2n) is 6.89. The van der Waals surface area contributed by atoms with Crippen molar-refractivity contribution in [3.8, 4) is 0 Å². The summed E-state index contributed by atoms with van der Waals surface area (Å²) in [6, 6.07) is 6.67. The molecule has 156 valence electrons. The number of alkyl halides is 3. The second-order valence-corrected chi connectivity index (χ2v) is 8.14. The van der Waals surface area contributed by atoms with E-state index in [1.165, 1.54) is 18.2 Å². The molecular formula is C20H17Cl3F3NO2. The normalized spacial score (nSPS) is 19.2. The molecule has 0 aliphatic carbocycles. The Hall–Kier alpha value is -1.47. The number of carboxylic acid groups (broad SMARTS) is 1. The van der Waals surface area contributed by atoms with Crippen molar-refractivity contribution in [2.75, 3.05) is 6.54 Å². The molecule has 1 heterocycles. The fourth-order valence-corrected chi connectivity index (χ4v) is 4.47. The van der Waals surface area contributed by atoms with Crippen LogP contribution in [-0.4, -0.2) is 28.6 Å². The van der Waals surface area contributed by atoms with E-state index in [4.69, 9.17) is 34.8 Å². The zero-order chi connectivity index (χ0) is 21.3. The number of aliphatic carboxylic acids is 1. The van der Waals surface area contributed by atoms with E-state index in [2.05, 4.69) is 0 Å². The van der Waals surface area contributed by atoms with Crippen LogP contribution < -0.4 is 0 Å². The van der Waals surface area contributed by atoms with Crippen LogP contribution in [0, 0.1) is 0 Å². The van der Waals surface area contributed by atoms with Gasteiger partial charge in [0, 0.05) is 10.0 Å². The van der Waals surface area contributed by atoms with Gasteiger partial charge in [-0.1, -0.05) is 53.4 Å². The molecule has 1 aliphatic heterocycles. The summed E-state index contributed by atoms with van der Waals surface area (Å²) in [5.41, 5.74) is -0.227. The van der Waals surface area contributed by atoms with Crippen molar-refractivity contribution < 1.29 is 23.1 Å². The predicted molar refractivity (Wildman–Crippen MR) is 107 cm³/mol. The van der Waals surface area contributed by atoms with Crippen molar-refractivity contribution >= 4 is 40.8 Å². The monoisotopic (exact) mass is 465 g/mol. The van der Waals surface area contributed by atoms with Crippen molar-refractivity contribution in [1.82, 2.24) is 4.90 Å². The average Bonchev–Trinajstić information content (AvgIpc) is 2.64. The van der Waals surface area contributed by atoms with Crippen LogP contribution in [0.3, 0.4) is 0 Å². The van der Waals surface area contributed by atoms with E-state index in [0.29, 0.717) is 23.6 Å². The highest BCUT2D eigenvalue weighted by atomic mass is 35.5. The zero-order valence-electron chi connectivity index (χ0n) is 15.0. The van der Waals surface area contributed by atoms with Gasteiger partial charge in [0.1, 0.15) is 6.04 Å². The molecule has 0 amide bonds. The van der Waals surface area contributed by atoms with Crippen molar-refractivity contribution in [2.24, 2.45) is 0 Å². The average molecular weight is 467 g/mol. The van der Waals surface area contributed by atoms with E-state index in [1.54, 1.807) is 17.0 Å². The third-order valence-corrected chi connectivity index (χ3v) is 5.92. The van der Waals surface area contributed by atoms with Crippen molar-refractivity contribution in [3.05, 3.63) is 68.2 Å². The molecule has 0 spiro atoms. The maximum atomic E-state index is 13.4. The van der Waals surface area contributed by atoms with Crippen LogP contribution in [0.25, 0.3) is 0 Å². The molecule has 0 radical (unpaired) electrons. The molecule has 1 fully saturated rings. The minimum Gasteiger partial charge on any atom is -0.480 e. The minimum absolute atomic E-state index is 0.251. The number of carbonyl (C=O) groups is 1. The Balaban J connectivity index is 2.19. The Morgan fingerprint density at radius 1 is 1.07 bits per heavy atom. The lowest BCUT2D eigenvalue weighted by atomic mass is 9.91. The van der Waals surface area contributed by atoms with Crippen molar-refractivity contribution in [2.45, 2.75) is 37.5 Å². The Kier molecular flexibility index (Phi) is 6.68.